The molecule has 0 amide bonds. The number of nitrogens with zero attached hydrogens (tertiary/aromatic N) is 2. The van der Waals surface area contributed by atoms with Crippen LogP contribution in [0.1, 0.15) is 32.6 Å². The van der Waals surface area contributed by atoms with Crippen LogP contribution in [-0.2, 0) is 10.0 Å². The minimum Gasteiger partial charge on any atom is -0.493 e. The van der Waals surface area contributed by atoms with E-state index in [0.717, 1.165) is 25.3 Å². The van der Waals surface area contributed by atoms with Gasteiger partial charge >= 0.3 is 0 Å². The number of methoxy groups -OCH3 is 2. The fourth-order valence-electron chi connectivity index (χ4n) is 4.28. The molecule has 2 fully saturated rings. The van der Waals surface area contributed by atoms with E-state index in [1.807, 2.05) is 0 Å². The predicted molar refractivity (Wildman–Crippen MR) is 106 cm³/mol. The van der Waals surface area contributed by atoms with E-state index in [9.17, 15) is 8.42 Å². The van der Waals surface area contributed by atoms with E-state index in [4.69, 9.17) is 9.47 Å². The molecule has 0 spiro atoms. The number of rotatable bonds is 6. The average Bonchev–Trinajstić information content (AvgIpc) is 2.68. The summed E-state index contributed by atoms with van der Waals surface area (Å²) in [5.41, 5.74) is 0. The molecule has 2 saturated heterocycles. The van der Waals surface area contributed by atoms with Crippen molar-refractivity contribution in [2.75, 3.05) is 46.9 Å². The van der Waals surface area contributed by atoms with Gasteiger partial charge in [-0.2, -0.15) is 4.31 Å². The number of hydrogen-bond donors (Lipinski definition) is 0. The Kier molecular flexibility index (Phi) is 6.65. The van der Waals surface area contributed by atoms with Crippen LogP contribution in [0.15, 0.2) is 23.1 Å². The van der Waals surface area contributed by atoms with E-state index in [-0.39, 0.29) is 4.90 Å². The maximum absolute atomic E-state index is 13.0. The van der Waals surface area contributed by atoms with Gasteiger partial charge in [-0.3, -0.25) is 0 Å². The Bertz CT molecular complexity index is 729. The Morgan fingerprint density at radius 1 is 1.04 bits per heavy atom. The topological polar surface area (TPSA) is 59.1 Å². The zero-order valence-electron chi connectivity index (χ0n) is 16.7. The Morgan fingerprint density at radius 2 is 1.74 bits per heavy atom. The molecule has 1 aromatic carbocycles. The largest absolute Gasteiger partial charge is 0.493 e. The lowest BCUT2D eigenvalue weighted by Gasteiger charge is -2.37. The molecule has 2 heterocycles. The van der Waals surface area contributed by atoms with Crippen molar-refractivity contribution in [1.29, 1.82) is 0 Å². The van der Waals surface area contributed by atoms with Crippen molar-refractivity contribution in [2.45, 2.75) is 37.5 Å². The molecule has 0 bridgehead atoms. The summed E-state index contributed by atoms with van der Waals surface area (Å²) in [5.74, 6) is 2.34. The molecule has 1 atom stereocenters. The van der Waals surface area contributed by atoms with Gasteiger partial charge < -0.3 is 14.4 Å². The Morgan fingerprint density at radius 3 is 2.37 bits per heavy atom. The molecule has 2 aliphatic rings. The summed E-state index contributed by atoms with van der Waals surface area (Å²) in [7, 11) is -0.444. The molecule has 0 radical (unpaired) electrons. The molecular weight excluding hydrogens is 364 g/mol. The molecule has 0 saturated carbocycles. The molecular formula is C20H32N2O4S. The van der Waals surface area contributed by atoms with Crippen LogP contribution in [0.4, 0.5) is 0 Å². The van der Waals surface area contributed by atoms with Gasteiger partial charge in [0, 0.05) is 32.2 Å². The van der Waals surface area contributed by atoms with Crippen LogP contribution in [0.2, 0.25) is 0 Å². The minimum absolute atomic E-state index is 0.267. The second-order valence-electron chi connectivity index (χ2n) is 7.87. The van der Waals surface area contributed by atoms with Crippen molar-refractivity contribution in [3.8, 4) is 11.5 Å². The van der Waals surface area contributed by atoms with Gasteiger partial charge in [0.25, 0.3) is 0 Å². The number of ether oxygens (including phenoxy) is 2. The quantitative estimate of drug-likeness (QED) is 0.740. The normalized spacial score (nSPS) is 23.3. The van der Waals surface area contributed by atoms with Crippen LogP contribution >= 0.6 is 0 Å². The second-order valence-corrected chi connectivity index (χ2v) is 9.81. The van der Waals surface area contributed by atoms with Crippen LogP contribution in [-0.4, -0.2) is 64.6 Å². The number of hydrogen-bond acceptors (Lipinski definition) is 5. The summed E-state index contributed by atoms with van der Waals surface area (Å²) in [6, 6.07) is 4.79. The Balaban J connectivity index is 1.61. The highest BCUT2D eigenvalue weighted by Crippen LogP contribution is 2.32. The minimum atomic E-state index is -3.50. The molecule has 1 unspecified atom stereocenters. The summed E-state index contributed by atoms with van der Waals surface area (Å²) in [4.78, 5) is 2.83. The molecule has 1 aromatic rings. The first kappa shape index (κ1) is 20.4. The first-order valence-corrected chi connectivity index (χ1v) is 11.3. The molecule has 152 valence electrons. The van der Waals surface area contributed by atoms with Gasteiger partial charge in [0.2, 0.25) is 10.0 Å². The summed E-state index contributed by atoms with van der Waals surface area (Å²) in [6.45, 7) is 6.98. The van der Waals surface area contributed by atoms with Crippen LogP contribution < -0.4 is 9.47 Å². The molecule has 2 aliphatic heterocycles. The van der Waals surface area contributed by atoms with Crippen molar-refractivity contribution in [1.82, 2.24) is 9.21 Å². The first-order chi connectivity index (χ1) is 12.9. The number of benzene rings is 1. The molecule has 0 N–H and O–H groups in total. The fraction of sp³-hybridized carbons (Fsp3) is 0.700. The van der Waals surface area contributed by atoms with Crippen molar-refractivity contribution in [3.63, 3.8) is 0 Å². The van der Waals surface area contributed by atoms with E-state index in [0.29, 0.717) is 30.5 Å². The summed E-state index contributed by atoms with van der Waals surface area (Å²) < 4.78 is 38.1. The van der Waals surface area contributed by atoms with Gasteiger partial charge in [-0.1, -0.05) is 6.92 Å². The monoisotopic (exact) mass is 396 g/mol. The van der Waals surface area contributed by atoms with Crippen LogP contribution in [0.25, 0.3) is 0 Å². The smallest absolute Gasteiger partial charge is 0.243 e. The van der Waals surface area contributed by atoms with Gasteiger partial charge in [0.15, 0.2) is 11.5 Å². The molecule has 0 aliphatic carbocycles. The Hall–Kier alpha value is -1.31. The molecule has 7 heteroatoms. The highest BCUT2D eigenvalue weighted by Gasteiger charge is 2.31. The van der Waals surface area contributed by atoms with E-state index >= 15 is 0 Å². The van der Waals surface area contributed by atoms with E-state index in [1.54, 1.807) is 29.6 Å². The molecule has 0 aromatic heterocycles. The van der Waals surface area contributed by atoms with Crippen LogP contribution in [0, 0.1) is 11.8 Å². The van der Waals surface area contributed by atoms with Gasteiger partial charge in [-0.05, 0) is 56.2 Å². The number of piperidine rings is 2. The van der Waals surface area contributed by atoms with Crippen molar-refractivity contribution in [3.05, 3.63) is 18.2 Å². The van der Waals surface area contributed by atoms with Gasteiger partial charge in [0.05, 0.1) is 19.1 Å². The van der Waals surface area contributed by atoms with Gasteiger partial charge in [0.1, 0.15) is 0 Å². The SMILES string of the molecule is COc1ccc(S(=O)(=O)N2CCC(CN3CCCC(C)C3)CC2)cc1OC. The predicted octanol–water partition coefficient (Wildman–Crippen LogP) is 2.84. The van der Waals surface area contributed by atoms with E-state index in [2.05, 4.69) is 11.8 Å². The van der Waals surface area contributed by atoms with Crippen LogP contribution in [0.3, 0.4) is 0 Å². The third kappa shape index (κ3) is 4.76. The third-order valence-corrected chi connectivity index (χ3v) is 7.72. The van der Waals surface area contributed by atoms with Gasteiger partial charge in [-0.15, -0.1) is 0 Å². The maximum Gasteiger partial charge on any atom is 0.243 e. The summed E-state index contributed by atoms with van der Waals surface area (Å²) in [6.07, 6.45) is 4.47. The molecule has 3 rings (SSSR count). The van der Waals surface area contributed by atoms with E-state index in [1.165, 1.54) is 33.0 Å². The highest BCUT2D eigenvalue weighted by molar-refractivity contribution is 7.89. The zero-order chi connectivity index (χ0) is 19.4. The maximum atomic E-state index is 13.0. The highest BCUT2D eigenvalue weighted by atomic mass is 32.2. The first-order valence-electron chi connectivity index (χ1n) is 9.88. The zero-order valence-corrected chi connectivity index (χ0v) is 17.5. The number of likely N-dealkylation sites (tertiary alicyclic amines) is 1. The lowest BCUT2D eigenvalue weighted by Crippen LogP contribution is -2.43. The lowest BCUT2D eigenvalue weighted by molar-refractivity contribution is 0.136. The van der Waals surface area contributed by atoms with E-state index < -0.39 is 10.0 Å². The molecule has 6 nitrogen and oxygen atoms in total. The Labute approximate surface area is 163 Å². The average molecular weight is 397 g/mol. The van der Waals surface area contributed by atoms with Crippen molar-refractivity contribution >= 4 is 10.0 Å². The second kappa shape index (κ2) is 8.80. The number of sulfonamides is 1. The summed E-state index contributed by atoms with van der Waals surface area (Å²) in [5, 5.41) is 0. The van der Waals surface area contributed by atoms with Gasteiger partial charge in [-0.25, -0.2) is 8.42 Å². The standard InChI is InChI=1S/C20H32N2O4S/c1-16-5-4-10-21(14-16)15-17-8-11-22(12-9-17)27(23,24)18-6-7-19(25-2)20(13-18)26-3/h6-7,13,16-17H,4-5,8-12,14-15H2,1-3H3. The van der Waals surface area contributed by atoms with Crippen molar-refractivity contribution in [2.24, 2.45) is 11.8 Å². The van der Waals surface area contributed by atoms with Crippen molar-refractivity contribution < 1.29 is 17.9 Å². The fourth-order valence-corrected chi connectivity index (χ4v) is 5.76. The molecule has 27 heavy (non-hydrogen) atoms. The third-order valence-electron chi connectivity index (χ3n) is 5.82. The van der Waals surface area contributed by atoms with Crippen LogP contribution in [0.5, 0.6) is 11.5 Å². The lowest BCUT2D eigenvalue weighted by atomic mass is 9.94. The summed E-state index contributed by atoms with van der Waals surface area (Å²) >= 11 is 0.